The second-order valence-corrected chi connectivity index (χ2v) is 4.98. The number of benzene rings is 1. The molecule has 0 aliphatic rings. The van der Waals surface area contributed by atoms with Crippen LogP contribution in [0.5, 0.6) is 5.75 Å². The summed E-state index contributed by atoms with van der Waals surface area (Å²) in [6, 6.07) is 7.92. The molecule has 94 valence electrons. The SMILES string of the molecule is COc1ccccc1S(=O)(=O)Nc1ncccn1. The van der Waals surface area contributed by atoms with Crippen LogP contribution in [0.3, 0.4) is 0 Å². The van der Waals surface area contributed by atoms with E-state index in [9.17, 15) is 8.42 Å². The molecule has 0 radical (unpaired) electrons. The molecule has 1 N–H and O–H groups in total. The van der Waals surface area contributed by atoms with Crippen LogP contribution >= 0.6 is 0 Å². The third-order valence-corrected chi connectivity index (χ3v) is 3.52. The largest absolute Gasteiger partial charge is 0.495 e. The first-order valence-corrected chi connectivity index (χ1v) is 6.54. The summed E-state index contributed by atoms with van der Waals surface area (Å²) in [5.74, 6) is 0.282. The number of hydrogen-bond donors (Lipinski definition) is 1. The van der Waals surface area contributed by atoms with E-state index >= 15 is 0 Å². The standard InChI is InChI=1S/C11H11N3O3S/c1-17-9-5-2-3-6-10(9)18(15,16)14-11-12-7-4-8-13-11/h2-8H,1H3,(H,12,13,14). The van der Waals surface area contributed by atoms with Crippen molar-refractivity contribution in [2.45, 2.75) is 4.90 Å². The van der Waals surface area contributed by atoms with Crippen LogP contribution in [0.4, 0.5) is 5.95 Å². The van der Waals surface area contributed by atoms with E-state index in [1.165, 1.54) is 25.6 Å². The molecule has 0 aliphatic carbocycles. The maximum atomic E-state index is 12.1. The number of rotatable bonds is 4. The molecule has 0 saturated carbocycles. The lowest BCUT2D eigenvalue weighted by atomic mass is 10.3. The van der Waals surface area contributed by atoms with Gasteiger partial charge in [0.15, 0.2) is 0 Å². The number of ether oxygens (including phenoxy) is 1. The van der Waals surface area contributed by atoms with Gasteiger partial charge in [-0.1, -0.05) is 12.1 Å². The van der Waals surface area contributed by atoms with Crippen molar-refractivity contribution >= 4 is 16.0 Å². The van der Waals surface area contributed by atoms with Crippen molar-refractivity contribution in [1.29, 1.82) is 0 Å². The highest BCUT2D eigenvalue weighted by atomic mass is 32.2. The van der Waals surface area contributed by atoms with Gasteiger partial charge >= 0.3 is 0 Å². The van der Waals surface area contributed by atoms with Crippen molar-refractivity contribution in [2.75, 3.05) is 11.8 Å². The van der Waals surface area contributed by atoms with Gasteiger partial charge in [0.2, 0.25) is 5.95 Å². The first-order chi connectivity index (χ1) is 8.63. The summed E-state index contributed by atoms with van der Waals surface area (Å²) in [5, 5.41) is 0. The number of methoxy groups -OCH3 is 1. The summed E-state index contributed by atoms with van der Waals surface area (Å²) >= 11 is 0. The van der Waals surface area contributed by atoms with Crippen molar-refractivity contribution in [3.63, 3.8) is 0 Å². The van der Waals surface area contributed by atoms with E-state index in [0.29, 0.717) is 0 Å². The highest BCUT2D eigenvalue weighted by Crippen LogP contribution is 2.23. The third kappa shape index (κ3) is 2.57. The van der Waals surface area contributed by atoms with E-state index in [0.717, 1.165) is 0 Å². The zero-order valence-electron chi connectivity index (χ0n) is 9.57. The lowest BCUT2D eigenvalue weighted by Crippen LogP contribution is -2.15. The number of hydrogen-bond acceptors (Lipinski definition) is 5. The average molecular weight is 265 g/mol. The van der Waals surface area contributed by atoms with Gasteiger partial charge in [0, 0.05) is 12.4 Å². The highest BCUT2D eigenvalue weighted by molar-refractivity contribution is 7.92. The summed E-state index contributed by atoms with van der Waals surface area (Å²) in [5.41, 5.74) is 0. The van der Waals surface area contributed by atoms with Gasteiger partial charge in [-0.05, 0) is 18.2 Å². The summed E-state index contributed by atoms with van der Waals surface area (Å²) in [4.78, 5) is 7.65. The molecule has 0 spiro atoms. The lowest BCUT2D eigenvalue weighted by Gasteiger charge is -2.09. The minimum atomic E-state index is -3.76. The van der Waals surface area contributed by atoms with E-state index in [1.807, 2.05) is 0 Å². The Morgan fingerprint density at radius 2 is 1.78 bits per heavy atom. The fourth-order valence-corrected chi connectivity index (χ4v) is 2.50. The van der Waals surface area contributed by atoms with Gasteiger partial charge in [-0.2, -0.15) is 0 Å². The summed E-state index contributed by atoms with van der Waals surface area (Å²) in [6.07, 6.45) is 2.90. The van der Waals surface area contributed by atoms with Crippen LogP contribution in [0.15, 0.2) is 47.6 Å². The van der Waals surface area contributed by atoms with Gasteiger partial charge in [-0.3, -0.25) is 0 Å². The molecule has 0 unspecified atom stereocenters. The third-order valence-electron chi connectivity index (χ3n) is 2.15. The van der Waals surface area contributed by atoms with Crippen molar-refractivity contribution in [1.82, 2.24) is 9.97 Å². The van der Waals surface area contributed by atoms with E-state index in [-0.39, 0.29) is 16.6 Å². The smallest absolute Gasteiger partial charge is 0.267 e. The molecule has 1 aromatic heterocycles. The molecule has 1 heterocycles. The first kappa shape index (κ1) is 12.3. The van der Waals surface area contributed by atoms with E-state index in [4.69, 9.17) is 4.74 Å². The van der Waals surface area contributed by atoms with Crippen molar-refractivity contribution in [3.05, 3.63) is 42.7 Å². The zero-order valence-corrected chi connectivity index (χ0v) is 10.4. The van der Waals surface area contributed by atoms with E-state index < -0.39 is 10.0 Å². The predicted octanol–water partition coefficient (Wildman–Crippen LogP) is 1.29. The molecule has 0 atom stereocenters. The minimum absolute atomic E-state index is 0.0170. The summed E-state index contributed by atoms with van der Waals surface area (Å²) in [6.45, 7) is 0. The number of nitrogens with zero attached hydrogens (tertiary/aromatic N) is 2. The zero-order chi connectivity index (χ0) is 13.0. The van der Waals surface area contributed by atoms with Crippen LogP contribution in [-0.4, -0.2) is 25.5 Å². The monoisotopic (exact) mass is 265 g/mol. The summed E-state index contributed by atoms with van der Waals surface area (Å²) in [7, 11) is -2.35. The van der Waals surface area contributed by atoms with Gasteiger partial charge in [0.25, 0.3) is 10.0 Å². The Morgan fingerprint density at radius 3 is 2.44 bits per heavy atom. The van der Waals surface area contributed by atoms with Crippen LogP contribution in [0.25, 0.3) is 0 Å². The van der Waals surface area contributed by atoms with E-state index in [2.05, 4.69) is 14.7 Å². The minimum Gasteiger partial charge on any atom is -0.495 e. The van der Waals surface area contributed by atoms with E-state index in [1.54, 1.807) is 24.3 Å². The van der Waals surface area contributed by atoms with Crippen LogP contribution < -0.4 is 9.46 Å². The number of aromatic nitrogens is 2. The Hall–Kier alpha value is -2.15. The maximum Gasteiger partial charge on any atom is 0.267 e. The van der Waals surface area contributed by atoms with Crippen molar-refractivity contribution in [3.8, 4) is 5.75 Å². The molecule has 0 amide bonds. The molecule has 7 heteroatoms. The average Bonchev–Trinajstić information content (AvgIpc) is 2.39. The predicted molar refractivity (Wildman–Crippen MR) is 65.8 cm³/mol. The number of sulfonamides is 1. The molecular formula is C11H11N3O3S. The number of para-hydroxylation sites is 1. The Morgan fingerprint density at radius 1 is 1.11 bits per heavy atom. The normalized spacial score (nSPS) is 10.9. The first-order valence-electron chi connectivity index (χ1n) is 5.06. The quantitative estimate of drug-likeness (QED) is 0.900. The van der Waals surface area contributed by atoms with Crippen LogP contribution in [0.2, 0.25) is 0 Å². The lowest BCUT2D eigenvalue weighted by molar-refractivity contribution is 0.403. The fraction of sp³-hybridized carbons (Fsp3) is 0.0909. The van der Waals surface area contributed by atoms with Crippen molar-refractivity contribution in [2.24, 2.45) is 0 Å². The molecule has 0 aliphatic heterocycles. The van der Waals surface area contributed by atoms with Crippen LogP contribution in [0.1, 0.15) is 0 Å². The number of anilines is 1. The molecular weight excluding hydrogens is 254 g/mol. The molecule has 1 aromatic carbocycles. The Kier molecular flexibility index (Phi) is 3.42. The molecule has 0 fully saturated rings. The molecule has 0 bridgehead atoms. The maximum absolute atomic E-state index is 12.1. The highest BCUT2D eigenvalue weighted by Gasteiger charge is 2.19. The Bertz CT molecular complexity index is 629. The second-order valence-electron chi connectivity index (χ2n) is 3.33. The Labute approximate surface area is 105 Å². The molecule has 2 rings (SSSR count). The molecule has 0 saturated heterocycles. The van der Waals surface area contributed by atoms with Gasteiger partial charge in [-0.25, -0.2) is 23.1 Å². The Balaban J connectivity index is 2.37. The molecule has 6 nitrogen and oxygen atoms in total. The fourth-order valence-electron chi connectivity index (χ4n) is 1.37. The topological polar surface area (TPSA) is 81.2 Å². The van der Waals surface area contributed by atoms with Crippen molar-refractivity contribution < 1.29 is 13.2 Å². The second kappa shape index (κ2) is 5.01. The molecule has 2 aromatic rings. The number of nitrogens with one attached hydrogen (secondary N) is 1. The molecule has 18 heavy (non-hydrogen) atoms. The summed E-state index contributed by atoms with van der Waals surface area (Å²) < 4.78 is 31.5. The van der Waals surface area contributed by atoms with Crippen LogP contribution in [-0.2, 0) is 10.0 Å². The van der Waals surface area contributed by atoms with Gasteiger partial charge < -0.3 is 4.74 Å². The van der Waals surface area contributed by atoms with Gasteiger partial charge in [0.1, 0.15) is 10.6 Å². The van der Waals surface area contributed by atoms with Gasteiger partial charge in [-0.15, -0.1) is 0 Å². The van der Waals surface area contributed by atoms with Crippen LogP contribution in [0, 0.1) is 0 Å². The van der Waals surface area contributed by atoms with Gasteiger partial charge in [0.05, 0.1) is 7.11 Å².